The van der Waals surface area contributed by atoms with E-state index in [-0.39, 0.29) is 12.1 Å². The van der Waals surface area contributed by atoms with Gasteiger partial charge in [0, 0.05) is 24.0 Å². The molecule has 4 rings (SSSR count). The Balaban J connectivity index is 1.86. The topological polar surface area (TPSA) is 81.6 Å². The van der Waals surface area contributed by atoms with Crippen molar-refractivity contribution in [3.63, 3.8) is 0 Å². The Morgan fingerprint density at radius 2 is 2.04 bits per heavy atom. The smallest absolute Gasteiger partial charge is 0.163 e. The molecule has 0 aliphatic carbocycles. The molecule has 0 fully saturated rings. The molecular formula is C18H16F2N6O. The van der Waals surface area contributed by atoms with E-state index in [1.54, 1.807) is 34.6 Å². The fraction of sp³-hybridized carbons (Fsp3) is 0.222. The first kappa shape index (κ1) is 17.2. The molecule has 7 nitrogen and oxygen atoms in total. The van der Waals surface area contributed by atoms with Crippen LogP contribution < -0.4 is 0 Å². The van der Waals surface area contributed by atoms with E-state index < -0.39 is 23.3 Å². The summed E-state index contributed by atoms with van der Waals surface area (Å²) in [7, 11) is 0. The lowest BCUT2D eigenvalue weighted by molar-refractivity contribution is -0.0292. The number of rotatable bonds is 5. The third-order valence-electron chi connectivity index (χ3n) is 4.73. The minimum atomic E-state index is -1.73. The van der Waals surface area contributed by atoms with E-state index in [2.05, 4.69) is 19.9 Å². The first-order valence-corrected chi connectivity index (χ1v) is 8.25. The Morgan fingerprint density at radius 3 is 2.78 bits per heavy atom. The van der Waals surface area contributed by atoms with Crippen LogP contribution in [-0.2, 0) is 12.1 Å². The van der Waals surface area contributed by atoms with Gasteiger partial charge in [0.25, 0.3) is 0 Å². The van der Waals surface area contributed by atoms with Crippen molar-refractivity contribution in [3.8, 4) is 0 Å². The summed E-state index contributed by atoms with van der Waals surface area (Å²) >= 11 is 0. The van der Waals surface area contributed by atoms with Crippen molar-refractivity contribution in [2.45, 2.75) is 25.1 Å². The predicted molar refractivity (Wildman–Crippen MR) is 92.5 cm³/mol. The number of imidazole rings is 2. The quantitative estimate of drug-likeness (QED) is 0.584. The van der Waals surface area contributed by atoms with Crippen LogP contribution in [0.5, 0.6) is 0 Å². The van der Waals surface area contributed by atoms with Crippen LogP contribution in [0.2, 0.25) is 0 Å². The average molecular weight is 370 g/mol. The van der Waals surface area contributed by atoms with Gasteiger partial charge in [-0.1, -0.05) is 6.07 Å². The number of fused-ring (bicyclic) bond motifs is 1. The highest BCUT2D eigenvalue weighted by Gasteiger charge is 2.40. The van der Waals surface area contributed by atoms with Crippen molar-refractivity contribution in [3.05, 3.63) is 73.0 Å². The molecule has 1 N–H and O–H groups in total. The lowest BCUT2D eigenvalue weighted by Gasteiger charge is -2.36. The summed E-state index contributed by atoms with van der Waals surface area (Å²) in [5.74, 6) is -1.54. The lowest BCUT2D eigenvalue weighted by Crippen LogP contribution is -2.40. The van der Waals surface area contributed by atoms with Crippen LogP contribution in [0.15, 0.2) is 55.8 Å². The second-order valence-corrected chi connectivity index (χ2v) is 6.34. The molecule has 1 aromatic carbocycles. The number of benzene rings is 1. The molecule has 0 saturated heterocycles. The van der Waals surface area contributed by atoms with Crippen LogP contribution in [0.1, 0.15) is 18.5 Å². The zero-order valence-electron chi connectivity index (χ0n) is 14.4. The molecule has 0 aliphatic rings. The first-order valence-electron chi connectivity index (χ1n) is 8.25. The third kappa shape index (κ3) is 2.95. The van der Waals surface area contributed by atoms with Gasteiger partial charge in [-0.3, -0.25) is 0 Å². The van der Waals surface area contributed by atoms with E-state index in [9.17, 15) is 13.9 Å². The molecule has 0 saturated carbocycles. The average Bonchev–Trinajstić information content (AvgIpc) is 3.30. The van der Waals surface area contributed by atoms with Gasteiger partial charge in [-0.2, -0.15) is 0 Å². The summed E-state index contributed by atoms with van der Waals surface area (Å²) in [5.41, 5.74) is -0.698. The van der Waals surface area contributed by atoms with Crippen LogP contribution in [0.4, 0.5) is 8.78 Å². The van der Waals surface area contributed by atoms with Crippen LogP contribution in [0.25, 0.3) is 11.2 Å². The van der Waals surface area contributed by atoms with Gasteiger partial charge in [0.05, 0.1) is 31.4 Å². The molecular weight excluding hydrogens is 354 g/mol. The second kappa shape index (κ2) is 6.51. The van der Waals surface area contributed by atoms with Gasteiger partial charge in [-0.15, -0.1) is 0 Å². The number of halogens is 2. The largest absolute Gasteiger partial charge is 0.381 e. The van der Waals surface area contributed by atoms with Crippen molar-refractivity contribution in [2.75, 3.05) is 0 Å². The zero-order chi connectivity index (χ0) is 19.0. The molecule has 3 aromatic heterocycles. The minimum Gasteiger partial charge on any atom is -0.381 e. The minimum absolute atomic E-state index is 0.00146. The molecule has 4 aromatic rings. The molecule has 0 amide bonds. The summed E-state index contributed by atoms with van der Waals surface area (Å²) < 4.78 is 31.3. The van der Waals surface area contributed by atoms with E-state index in [4.69, 9.17) is 0 Å². The molecule has 0 radical (unpaired) electrons. The maximum atomic E-state index is 14.6. The zero-order valence-corrected chi connectivity index (χ0v) is 14.4. The Hall–Kier alpha value is -3.20. The fourth-order valence-corrected chi connectivity index (χ4v) is 3.24. The highest BCUT2D eigenvalue weighted by atomic mass is 19.1. The van der Waals surface area contributed by atoms with Crippen molar-refractivity contribution < 1.29 is 13.9 Å². The molecule has 0 aliphatic heterocycles. The lowest BCUT2D eigenvalue weighted by atomic mass is 9.86. The van der Waals surface area contributed by atoms with E-state index >= 15 is 0 Å². The van der Waals surface area contributed by atoms with Crippen molar-refractivity contribution in [2.24, 2.45) is 0 Å². The number of hydrogen-bond acceptors (Lipinski definition) is 5. The van der Waals surface area contributed by atoms with Gasteiger partial charge >= 0.3 is 0 Å². The fourth-order valence-electron chi connectivity index (χ4n) is 3.24. The predicted octanol–water partition coefficient (Wildman–Crippen LogP) is 2.45. The molecule has 0 spiro atoms. The van der Waals surface area contributed by atoms with E-state index in [1.807, 2.05) is 0 Å². The normalized spacial score (nSPS) is 15.0. The Labute approximate surface area is 153 Å². The SMILES string of the molecule is CC(n1cnc2cncnc21)C(O)(Cn1ccnc1)c1ccc(F)cc1F. The summed E-state index contributed by atoms with van der Waals surface area (Å²) in [4.78, 5) is 16.3. The van der Waals surface area contributed by atoms with E-state index in [1.165, 1.54) is 25.0 Å². The molecule has 0 bridgehead atoms. The maximum Gasteiger partial charge on any atom is 0.163 e. The highest BCUT2D eigenvalue weighted by Crippen LogP contribution is 2.37. The van der Waals surface area contributed by atoms with E-state index in [0.29, 0.717) is 11.2 Å². The molecule has 2 atom stereocenters. The molecule has 2 unspecified atom stereocenters. The van der Waals surface area contributed by atoms with Crippen molar-refractivity contribution in [1.82, 2.24) is 29.1 Å². The highest BCUT2D eigenvalue weighted by molar-refractivity contribution is 5.69. The van der Waals surface area contributed by atoms with Crippen molar-refractivity contribution >= 4 is 11.2 Å². The Bertz CT molecular complexity index is 1080. The molecule has 138 valence electrons. The third-order valence-corrected chi connectivity index (χ3v) is 4.73. The van der Waals surface area contributed by atoms with Crippen molar-refractivity contribution in [1.29, 1.82) is 0 Å². The molecule has 9 heteroatoms. The molecule has 3 heterocycles. The number of aliphatic hydroxyl groups is 1. The van der Waals surface area contributed by atoms with Crippen LogP contribution in [0, 0.1) is 11.6 Å². The standard InChI is InChI=1S/C18H16F2N6O/c1-12(26-11-24-16-7-22-9-23-17(16)26)18(27,8-25-5-4-21-10-25)14-3-2-13(19)6-15(14)20/h2-7,9-12,27H,8H2,1H3. The van der Waals surface area contributed by atoms with E-state index in [0.717, 1.165) is 12.1 Å². The van der Waals surface area contributed by atoms with Gasteiger partial charge in [0.2, 0.25) is 0 Å². The van der Waals surface area contributed by atoms with Crippen LogP contribution in [-0.4, -0.2) is 34.2 Å². The van der Waals surface area contributed by atoms with Crippen LogP contribution >= 0.6 is 0 Å². The number of aromatic nitrogens is 6. The first-order chi connectivity index (χ1) is 13.0. The number of hydrogen-bond donors (Lipinski definition) is 1. The Morgan fingerprint density at radius 1 is 1.19 bits per heavy atom. The Kier molecular flexibility index (Phi) is 4.15. The van der Waals surface area contributed by atoms with Gasteiger partial charge in [0.15, 0.2) is 5.65 Å². The van der Waals surface area contributed by atoms with Gasteiger partial charge in [-0.25, -0.2) is 28.7 Å². The summed E-state index contributed by atoms with van der Waals surface area (Å²) in [6.07, 6.45) is 9.19. The number of nitrogens with zero attached hydrogens (tertiary/aromatic N) is 6. The summed E-state index contributed by atoms with van der Waals surface area (Å²) in [6, 6.07) is 2.46. The van der Waals surface area contributed by atoms with Gasteiger partial charge in [0.1, 0.15) is 29.1 Å². The summed E-state index contributed by atoms with van der Waals surface area (Å²) in [6.45, 7) is 1.73. The maximum absolute atomic E-state index is 14.6. The van der Waals surface area contributed by atoms with Crippen LogP contribution in [0.3, 0.4) is 0 Å². The monoisotopic (exact) mass is 370 g/mol. The second-order valence-electron chi connectivity index (χ2n) is 6.34. The summed E-state index contributed by atoms with van der Waals surface area (Å²) in [5, 5.41) is 11.6. The van der Waals surface area contributed by atoms with Gasteiger partial charge in [-0.05, 0) is 13.0 Å². The molecule has 27 heavy (non-hydrogen) atoms. The van der Waals surface area contributed by atoms with Gasteiger partial charge < -0.3 is 14.2 Å².